The standard InChI is InChI=1S/C24H46/c1-10-18-13-19(14-18)20(11-2)22-17(6)12-16(5)21(15(3)4)23(22)24(7,8)9/h15-23H,10-14H2,1-9H3. The Bertz CT molecular complexity index is 381. The minimum atomic E-state index is 0.434. The molecule has 2 fully saturated rings. The van der Waals surface area contributed by atoms with Crippen LogP contribution in [0.25, 0.3) is 0 Å². The molecule has 0 spiro atoms. The predicted molar refractivity (Wildman–Crippen MR) is 108 cm³/mol. The molecule has 0 radical (unpaired) electrons. The van der Waals surface area contributed by atoms with Gasteiger partial charge in [0.25, 0.3) is 0 Å². The van der Waals surface area contributed by atoms with E-state index in [1.807, 2.05) is 0 Å². The molecule has 0 heterocycles. The largest absolute Gasteiger partial charge is 0.0651 e. The third-order valence-electron chi connectivity index (χ3n) is 8.08. The highest BCUT2D eigenvalue weighted by atomic mass is 14.6. The van der Waals surface area contributed by atoms with Crippen LogP contribution in [0, 0.1) is 58.7 Å². The lowest BCUT2D eigenvalue weighted by molar-refractivity contribution is -0.0895. The van der Waals surface area contributed by atoms with Crippen LogP contribution in [-0.2, 0) is 0 Å². The summed E-state index contributed by atoms with van der Waals surface area (Å²) in [6.45, 7) is 22.6. The third kappa shape index (κ3) is 3.88. The molecule has 0 bridgehead atoms. The van der Waals surface area contributed by atoms with E-state index in [0.29, 0.717) is 5.41 Å². The lowest BCUT2D eigenvalue weighted by atomic mass is 9.48. The zero-order chi connectivity index (χ0) is 18.2. The van der Waals surface area contributed by atoms with Crippen LogP contribution in [0.3, 0.4) is 0 Å². The van der Waals surface area contributed by atoms with Crippen LogP contribution >= 0.6 is 0 Å². The Hall–Kier alpha value is 0. The van der Waals surface area contributed by atoms with Crippen molar-refractivity contribution in [3.8, 4) is 0 Å². The summed E-state index contributed by atoms with van der Waals surface area (Å²) in [5, 5.41) is 0. The van der Waals surface area contributed by atoms with Crippen molar-refractivity contribution in [2.24, 2.45) is 58.7 Å². The van der Waals surface area contributed by atoms with E-state index in [-0.39, 0.29) is 0 Å². The Balaban J connectivity index is 2.31. The van der Waals surface area contributed by atoms with Gasteiger partial charge in [0, 0.05) is 0 Å². The van der Waals surface area contributed by atoms with Gasteiger partial charge in [-0.3, -0.25) is 0 Å². The Labute approximate surface area is 153 Å². The molecular formula is C24H46. The molecule has 0 aliphatic heterocycles. The third-order valence-corrected chi connectivity index (χ3v) is 8.08. The Morgan fingerprint density at radius 2 is 1.42 bits per heavy atom. The minimum absolute atomic E-state index is 0.434. The first-order valence-corrected chi connectivity index (χ1v) is 11.1. The minimum Gasteiger partial charge on any atom is -0.0651 e. The van der Waals surface area contributed by atoms with Gasteiger partial charge in [0.15, 0.2) is 0 Å². The molecular weight excluding hydrogens is 288 g/mol. The van der Waals surface area contributed by atoms with Gasteiger partial charge in [0.2, 0.25) is 0 Å². The van der Waals surface area contributed by atoms with Gasteiger partial charge in [-0.05, 0) is 77.9 Å². The first-order valence-electron chi connectivity index (χ1n) is 11.1. The van der Waals surface area contributed by atoms with Crippen molar-refractivity contribution in [3.05, 3.63) is 0 Å². The van der Waals surface area contributed by atoms with E-state index in [2.05, 4.69) is 62.3 Å². The summed E-state index contributed by atoms with van der Waals surface area (Å²) in [7, 11) is 0. The first kappa shape index (κ1) is 20.3. The zero-order valence-electron chi connectivity index (χ0n) is 18.2. The van der Waals surface area contributed by atoms with Gasteiger partial charge in [-0.25, -0.2) is 0 Å². The predicted octanol–water partition coefficient (Wildman–Crippen LogP) is 7.68. The molecule has 2 aliphatic carbocycles. The van der Waals surface area contributed by atoms with E-state index in [1.54, 1.807) is 0 Å². The van der Waals surface area contributed by atoms with E-state index in [4.69, 9.17) is 0 Å². The second-order valence-corrected chi connectivity index (χ2v) is 11.1. The zero-order valence-corrected chi connectivity index (χ0v) is 18.2. The van der Waals surface area contributed by atoms with E-state index >= 15 is 0 Å². The molecule has 2 aliphatic rings. The van der Waals surface area contributed by atoms with Crippen molar-refractivity contribution in [3.63, 3.8) is 0 Å². The summed E-state index contributed by atoms with van der Waals surface area (Å²) >= 11 is 0. The van der Waals surface area contributed by atoms with E-state index < -0.39 is 0 Å². The van der Waals surface area contributed by atoms with Crippen molar-refractivity contribution < 1.29 is 0 Å². The summed E-state index contributed by atoms with van der Waals surface area (Å²) in [5.74, 6) is 8.40. The normalized spacial score (nSPS) is 42.0. The van der Waals surface area contributed by atoms with Crippen molar-refractivity contribution >= 4 is 0 Å². The van der Waals surface area contributed by atoms with Crippen LogP contribution in [0.5, 0.6) is 0 Å². The molecule has 0 amide bonds. The first-order chi connectivity index (χ1) is 11.1. The van der Waals surface area contributed by atoms with Crippen molar-refractivity contribution in [1.82, 2.24) is 0 Å². The second-order valence-electron chi connectivity index (χ2n) is 11.1. The fraction of sp³-hybridized carbons (Fsp3) is 1.00. The highest BCUT2D eigenvalue weighted by Gasteiger charge is 2.51. The highest BCUT2D eigenvalue weighted by molar-refractivity contribution is 5.00. The SMILES string of the molecule is CCC1CC(C(CC)C2C(C)CC(C)C(C(C)C)C2C(C)(C)C)C1. The van der Waals surface area contributed by atoms with Crippen molar-refractivity contribution in [2.45, 2.75) is 94.4 Å². The fourth-order valence-corrected chi connectivity index (χ4v) is 7.17. The Morgan fingerprint density at radius 3 is 1.83 bits per heavy atom. The van der Waals surface area contributed by atoms with Crippen LogP contribution in [0.15, 0.2) is 0 Å². The van der Waals surface area contributed by atoms with Gasteiger partial charge in [0.05, 0.1) is 0 Å². The smallest absolute Gasteiger partial charge is 0.0298 e. The number of rotatable bonds is 5. The van der Waals surface area contributed by atoms with Crippen molar-refractivity contribution in [2.75, 3.05) is 0 Å². The molecule has 2 rings (SSSR count). The van der Waals surface area contributed by atoms with E-state index in [1.165, 1.54) is 32.1 Å². The van der Waals surface area contributed by atoms with Crippen LogP contribution in [-0.4, -0.2) is 0 Å². The number of hydrogen-bond donors (Lipinski definition) is 0. The van der Waals surface area contributed by atoms with Crippen LogP contribution in [0.4, 0.5) is 0 Å². The maximum atomic E-state index is 2.59. The molecule has 0 aromatic carbocycles. The molecule has 0 aromatic rings. The van der Waals surface area contributed by atoms with Gasteiger partial charge in [-0.15, -0.1) is 0 Å². The summed E-state index contributed by atoms with van der Waals surface area (Å²) in [4.78, 5) is 0. The molecule has 0 nitrogen and oxygen atoms in total. The highest BCUT2D eigenvalue weighted by Crippen LogP contribution is 2.58. The lowest BCUT2D eigenvalue weighted by Gasteiger charge is -2.57. The average molecular weight is 335 g/mol. The molecule has 0 aromatic heterocycles. The van der Waals surface area contributed by atoms with Gasteiger partial charge in [0.1, 0.15) is 0 Å². The maximum Gasteiger partial charge on any atom is -0.0298 e. The molecule has 6 atom stereocenters. The van der Waals surface area contributed by atoms with E-state index in [9.17, 15) is 0 Å². The van der Waals surface area contributed by atoms with Gasteiger partial charge < -0.3 is 0 Å². The van der Waals surface area contributed by atoms with Crippen LogP contribution in [0.1, 0.15) is 94.4 Å². The molecule has 0 saturated heterocycles. The monoisotopic (exact) mass is 334 g/mol. The number of hydrogen-bond acceptors (Lipinski definition) is 0. The van der Waals surface area contributed by atoms with Crippen molar-refractivity contribution in [1.29, 1.82) is 0 Å². The Kier molecular flexibility index (Phi) is 6.53. The molecule has 2 saturated carbocycles. The summed E-state index contributed by atoms with van der Waals surface area (Å²) in [5.41, 5.74) is 0.434. The average Bonchev–Trinajstić information content (AvgIpc) is 2.40. The summed E-state index contributed by atoms with van der Waals surface area (Å²) in [6, 6.07) is 0. The van der Waals surface area contributed by atoms with Gasteiger partial charge >= 0.3 is 0 Å². The van der Waals surface area contributed by atoms with Gasteiger partial charge in [-0.1, -0.05) is 75.2 Å². The van der Waals surface area contributed by atoms with Crippen LogP contribution < -0.4 is 0 Å². The fourth-order valence-electron chi connectivity index (χ4n) is 7.17. The van der Waals surface area contributed by atoms with Crippen LogP contribution in [0.2, 0.25) is 0 Å². The quantitative estimate of drug-likeness (QED) is 0.483. The summed E-state index contributed by atoms with van der Waals surface area (Å²) in [6.07, 6.45) is 7.32. The molecule has 0 heteroatoms. The topological polar surface area (TPSA) is 0 Å². The van der Waals surface area contributed by atoms with Gasteiger partial charge in [-0.2, -0.15) is 0 Å². The Morgan fingerprint density at radius 1 is 0.875 bits per heavy atom. The molecule has 0 N–H and O–H groups in total. The molecule has 24 heavy (non-hydrogen) atoms. The molecule has 142 valence electrons. The van der Waals surface area contributed by atoms with E-state index in [0.717, 1.165) is 53.3 Å². The lowest BCUT2D eigenvalue weighted by Crippen LogP contribution is -2.51. The summed E-state index contributed by atoms with van der Waals surface area (Å²) < 4.78 is 0. The maximum absolute atomic E-state index is 2.59. The molecule has 6 unspecified atom stereocenters. The second kappa shape index (κ2) is 7.71.